The van der Waals surface area contributed by atoms with Crippen molar-refractivity contribution in [1.29, 1.82) is 0 Å². The monoisotopic (exact) mass is 432 g/mol. The summed E-state index contributed by atoms with van der Waals surface area (Å²) < 4.78 is 48.5. The Kier molecular flexibility index (Phi) is 4.40. The number of anilines is 1. The van der Waals surface area contributed by atoms with Crippen LogP contribution in [0, 0.1) is 17.7 Å². The Morgan fingerprint density at radius 2 is 1.83 bits per heavy atom. The number of hydrogen-bond acceptors (Lipinski definition) is 7. The normalized spacial score (nSPS) is 22.0. The number of hydrogen-bond donors (Lipinski definition) is 0. The lowest BCUT2D eigenvalue weighted by Crippen LogP contribution is -2.33. The largest absolute Gasteiger partial charge is 0.495 e. The molecule has 0 N–H and O–H groups in total. The number of aromatic nitrogens is 4. The van der Waals surface area contributed by atoms with Gasteiger partial charge < -0.3 is 14.2 Å². The quantitative estimate of drug-likeness (QED) is 0.613. The van der Waals surface area contributed by atoms with E-state index in [-0.39, 0.29) is 22.5 Å². The lowest BCUT2D eigenvalue weighted by atomic mass is 10.0. The second-order valence-electron chi connectivity index (χ2n) is 7.77. The van der Waals surface area contributed by atoms with Crippen LogP contribution in [0.5, 0.6) is 5.75 Å². The van der Waals surface area contributed by atoms with Gasteiger partial charge in [0.2, 0.25) is 10.0 Å². The number of fused-ring (bicyclic) bond motifs is 2. The Morgan fingerprint density at radius 3 is 2.53 bits per heavy atom. The highest BCUT2D eigenvalue weighted by molar-refractivity contribution is 7.89. The van der Waals surface area contributed by atoms with E-state index in [2.05, 4.69) is 19.9 Å². The van der Waals surface area contributed by atoms with Crippen LogP contribution < -0.4 is 9.64 Å². The zero-order valence-electron chi connectivity index (χ0n) is 16.6. The molecule has 0 bridgehead atoms. The highest BCUT2D eigenvalue weighted by Gasteiger charge is 2.45. The minimum absolute atomic E-state index is 0.132. The van der Waals surface area contributed by atoms with Crippen molar-refractivity contribution in [2.75, 3.05) is 38.2 Å². The van der Waals surface area contributed by atoms with Gasteiger partial charge in [-0.25, -0.2) is 27.8 Å². The molecule has 2 saturated heterocycles. The molecule has 11 heteroatoms. The second-order valence-corrected chi connectivity index (χ2v) is 9.67. The summed E-state index contributed by atoms with van der Waals surface area (Å²) in [6.45, 7) is 2.11. The molecule has 2 aliphatic rings. The van der Waals surface area contributed by atoms with Crippen molar-refractivity contribution in [3.05, 3.63) is 36.7 Å². The molecular formula is C19H21FN6O3S. The molecule has 3 aromatic rings. The maximum Gasteiger partial charge on any atom is 0.246 e. The fraction of sp³-hybridized carbons (Fsp3) is 0.421. The van der Waals surface area contributed by atoms with Crippen molar-refractivity contribution in [2.24, 2.45) is 18.9 Å². The van der Waals surface area contributed by atoms with E-state index >= 15 is 0 Å². The van der Waals surface area contributed by atoms with E-state index in [4.69, 9.17) is 4.74 Å². The summed E-state index contributed by atoms with van der Waals surface area (Å²) in [6.07, 6.45) is 3.24. The Hall–Kier alpha value is -2.79. The molecule has 0 saturated carbocycles. The summed E-state index contributed by atoms with van der Waals surface area (Å²) in [6, 6.07) is 3.55. The molecule has 0 radical (unpaired) electrons. The molecule has 2 aliphatic heterocycles. The van der Waals surface area contributed by atoms with E-state index in [1.54, 1.807) is 6.33 Å². The van der Waals surface area contributed by atoms with Crippen molar-refractivity contribution in [3.8, 4) is 5.75 Å². The smallest absolute Gasteiger partial charge is 0.246 e. The summed E-state index contributed by atoms with van der Waals surface area (Å²) in [7, 11) is -0.590. The third-order valence-corrected chi connectivity index (χ3v) is 7.83. The molecular weight excluding hydrogens is 411 g/mol. The molecule has 4 heterocycles. The lowest BCUT2D eigenvalue weighted by Gasteiger charge is -2.23. The van der Waals surface area contributed by atoms with Gasteiger partial charge >= 0.3 is 0 Å². The highest BCUT2D eigenvalue weighted by atomic mass is 32.2. The molecule has 158 valence electrons. The van der Waals surface area contributed by atoms with Crippen LogP contribution in [0.2, 0.25) is 0 Å². The topological polar surface area (TPSA) is 93.5 Å². The average molecular weight is 432 g/mol. The Labute approximate surface area is 173 Å². The minimum Gasteiger partial charge on any atom is -0.495 e. The lowest BCUT2D eigenvalue weighted by molar-refractivity contribution is 0.394. The predicted octanol–water partition coefficient (Wildman–Crippen LogP) is 1.27. The fourth-order valence-corrected chi connectivity index (χ4v) is 6.20. The Morgan fingerprint density at radius 1 is 1.10 bits per heavy atom. The van der Waals surface area contributed by atoms with Gasteiger partial charge in [0.1, 0.15) is 22.8 Å². The van der Waals surface area contributed by atoms with Crippen molar-refractivity contribution < 1.29 is 17.5 Å². The molecule has 30 heavy (non-hydrogen) atoms. The van der Waals surface area contributed by atoms with E-state index in [0.29, 0.717) is 26.2 Å². The molecule has 2 unspecified atom stereocenters. The molecule has 5 rings (SSSR count). The maximum atomic E-state index is 13.7. The van der Waals surface area contributed by atoms with Gasteiger partial charge in [-0.2, -0.15) is 4.31 Å². The van der Waals surface area contributed by atoms with Crippen LogP contribution in [0.25, 0.3) is 11.2 Å². The third kappa shape index (κ3) is 2.91. The number of benzene rings is 1. The van der Waals surface area contributed by atoms with E-state index in [9.17, 15) is 12.8 Å². The van der Waals surface area contributed by atoms with Gasteiger partial charge in [0.25, 0.3) is 0 Å². The fourth-order valence-electron chi connectivity index (χ4n) is 4.48. The second kappa shape index (κ2) is 6.88. The number of aryl methyl sites for hydroxylation is 1. The standard InChI is InChI=1S/C19H21FN6O3S/c1-24-11-23-17-18(24)21-10-22-19(17)25-6-12-8-26(9-13(12)7-25)30(27,28)16-5-14(20)3-4-15(16)29-2/h3-5,10-13H,6-9H2,1-2H3. The number of methoxy groups -OCH3 is 1. The molecule has 2 atom stereocenters. The molecule has 0 spiro atoms. The van der Waals surface area contributed by atoms with E-state index < -0.39 is 15.8 Å². The first-order chi connectivity index (χ1) is 14.4. The number of imidazole rings is 1. The van der Waals surface area contributed by atoms with Gasteiger partial charge in [-0.3, -0.25) is 0 Å². The molecule has 2 aromatic heterocycles. The summed E-state index contributed by atoms with van der Waals surface area (Å²) in [5.41, 5.74) is 1.51. The van der Waals surface area contributed by atoms with Crippen LogP contribution in [-0.2, 0) is 17.1 Å². The maximum absolute atomic E-state index is 13.7. The van der Waals surface area contributed by atoms with Crippen LogP contribution in [0.15, 0.2) is 35.7 Å². The first-order valence-electron chi connectivity index (χ1n) is 9.59. The highest BCUT2D eigenvalue weighted by Crippen LogP contribution is 2.38. The van der Waals surface area contributed by atoms with Gasteiger partial charge in [0.15, 0.2) is 17.0 Å². The van der Waals surface area contributed by atoms with Gasteiger partial charge in [-0.05, 0) is 30.0 Å². The molecule has 0 aliphatic carbocycles. The van der Waals surface area contributed by atoms with Crippen LogP contribution in [0.3, 0.4) is 0 Å². The predicted molar refractivity (Wildman–Crippen MR) is 107 cm³/mol. The number of ether oxygens (including phenoxy) is 1. The molecule has 0 amide bonds. The van der Waals surface area contributed by atoms with Gasteiger partial charge in [0.05, 0.1) is 13.4 Å². The number of nitrogens with zero attached hydrogens (tertiary/aromatic N) is 6. The van der Waals surface area contributed by atoms with Crippen molar-refractivity contribution >= 4 is 27.0 Å². The Bertz CT molecular complexity index is 1220. The number of sulfonamides is 1. The van der Waals surface area contributed by atoms with E-state index in [0.717, 1.165) is 23.0 Å². The average Bonchev–Trinajstić information content (AvgIpc) is 3.41. The van der Waals surface area contributed by atoms with E-state index in [1.807, 2.05) is 11.6 Å². The zero-order valence-corrected chi connectivity index (χ0v) is 17.4. The SMILES string of the molecule is COc1ccc(F)cc1S(=O)(=O)N1CC2CN(c3ncnc4c3ncn4C)CC2C1. The van der Waals surface area contributed by atoms with Crippen LogP contribution in [-0.4, -0.2) is 65.5 Å². The first kappa shape index (κ1) is 19.2. The van der Waals surface area contributed by atoms with E-state index in [1.165, 1.54) is 29.9 Å². The van der Waals surface area contributed by atoms with Crippen molar-refractivity contribution in [2.45, 2.75) is 4.90 Å². The summed E-state index contributed by atoms with van der Waals surface area (Å²) >= 11 is 0. The first-order valence-corrected chi connectivity index (χ1v) is 11.0. The number of rotatable bonds is 4. The summed E-state index contributed by atoms with van der Waals surface area (Å²) in [4.78, 5) is 15.1. The minimum atomic E-state index is -3.85. The van der Waals surface area contributed by atoms with Crippen LogP contribution in [0.1, 0.15) is 0 Å². The van der Waals surface area contributed by atoms with Gasteiger partial charge in [-0.15, -0.1) is 0 Å². The van der Waals surface area contributed by atoms with Gasteiger partial charge in [-0.1, -0.05) is 0 Å². The van der Waals surface area contributed by atoms with Gasteiger partial charge in [0, 0.05) is 33.2 Å². The summed E-state index contributed by atoms with van der Waals surface area (Å²) in [5, 5.41) is 0. The molecule has 1 aromatic carbocycles. The molecule has 2 fully saturated rings. The zero-order chi connectivity index (χ0) is 21.0. The Balaban J connectivity index is 1.38. The number of halogens is 1. The van der Waals surface area contributed by atoms with Crippen LogP contribution in [0.4, 0.5) is 10.2 Å². The van der Waals surface area contributed by atoms with Crippen molar-refractivity contribution in [1.82, 2.24) is 23.8 Å². The molecule has 9 nitrogen and oxygen atoms in total. The van der Waals surface area contributed by atoms with Crippen LogP contribution >= 0.6 is 0 Å². The summed E-state index contributed by atoms with van der Waals surface area (Å²) in [5.74, 6) is 0.633. The third-order valence-electron chi connectivity index (χ3n) is 5.97. The van der Waals surface area contributed by atoms with Crippen molar-refractivity contribution in [3.63, 3.8) is 0 Å².